The van der Waals surface area contributed by atoms with E-state index in [0.717, 1.165) is 5.56 Å². The minimum absolute atomic E-state index is 0.270. The van der Waals surface area contributed by atoms with E-state index in [-0.39, 0.29) is 16.7 Å². The second-order valence-corrected chi connectivity index (χ2v) is 7.05. The van der Waals surface area contributed by atoms with Crippen LogP contribution in [0.15, 0.2) is 60.7 Å². The van der Waals surface area contributed by atoms with Crippen molar-refractivity contribution >= 4 is 20.9 Å². The summed E-state index contributed by atoms with van der Waals surface area (Å²) in [6.07, 6.45) is 0. The number of benzene rings is 3. The standard InChI is InChI=1S/C18H13F3O3S/c1-12-6-8-14(9-7-12)16-11-10-13-4-2-3-5-15(13)17(16)24-25(22,23)18(19,20)21/h2-11H,1H3. The number of rotatable bonds is 3. The lowest BCUT2D eigenvalue weighted by Crippen LogP contribution is -2.28. The number of halogens is 3. The molecule has 0 radical (unpaired) electrons. The van der Waals surface area contributed by atoms with Gasteiger partial charge in [-0.3, -0.25) is 0 Å². The van der Waals surface area contributed by atoms with Crippen LogP contribution in [0.5, 0.6) is 5.75 Å². The molecule has 0 bridgehead atoms. The van der Waals surface area contributed by atoms with E-state index in [4.69, 9.17) is 0 Å². The van der Waals surface area contributed by atoms with Gasteiger partial charge in [0.15, 0.2) is 5.75 Å². The second kappa shape index (κ2) is 6.07. The summed E-state index contributed by atoms with van der Waals surface area (Å²) in [5.41, 5.74) is -3.71. The smallest absolute Gasteiger partial charge is 0.375 e. The predicted octanol–water partition coefficient (Wildman–Crippen LogP) is 5.04. The first-order chi connectivity index (χ1) is 11.7. The Kier molecular flexibility index (Phi) is 4.20. The fourth-order valence-electron chi connectivity index (χ4n) is 2.45. The van der Waals surface area contributed by atoms with Gasteiger partial charge < -0.3 is 4.18 Å². The molecule has 0 aliphatic carbocycles. The number of fused-ring (bicyclic) bond motifs is 1. The molecule has 0 aliphatic rings. The summed E-state index contributed by atoms with van der Waals surface area (Å²) in [4.78, 5) is 0. The summed E-state index contributed by atoms with van der Waals surface area (Å²) in [5, 5.41) is 0.860. The molecule has 3 rings (SSSR count). The van der Waals surface area contributed by atoms with Crippen molar-refractivity contribution < 1.29 is 25.8 Å². The van der Waals surface area contributed by atoms with E-state index in [1.54, 1.807) is 54.6 Å². The summed E-state index contributed by atoms with van der Waals surface area (Å²) < 4.78 is 66.0. The van der Waals surface area contributed by atoms with Gasteiger partial charge >= 0.3 is 15.6 Å². The molecule has 3 nitrogen and oxygen atoms in total. The molecule has 0 fully saturated rings. The van der Waals surface area contributed by atoms with Gasteiger partial charge in [-0.25, -0.2) is 0 Å². The van der Waals surface area contributed by atoms with Crippen molar-refractivity contribution in [3.05, 3.63) is 66.2 Å². The molecular formula is C18H13F3O3S. The van der Waals surface area contributed by atoms with Crippen LogP contribution in [0.25, 0.3) is 21.9 Å². The first-order valence-corrected chi connectivity index (χ1v) is 8.69. The second-order valence-electron chi connectivity index (χ2n) is 5.51. The van der Waals surface area contributed by atoms with Crippen LogP contribution in [0.2, 0.25) is 0 Å². The maximum atomic E-state index is 12.8. The van der Waals surface area contributed by atoms with Crippen molar-refractivity contribution in [2.75, 3.05) is 0 Å². The SMILES string of the molecule is Cc1ccc(-c2ccc3ccccc3c2OS(=O)(=O)C(F)(F)F)cc1. The normalized spacial score (nSPS) is 12.3. The van der Waals surface area contributed by atoms with Gasteiger partial charge in [0.1, 0.15) is 0 Å². The van der Waals surface area contributed by atoms with Crippen molar-refractivity contribution in [2.24, 2.45) is 0 Å². The highest BCUT2D eigenvalue weighted by molar-refractivity contribution is 7.88. The van der Waals surface area contributed by atoms with Gasteiger partial charge in [-0.05, 0) is 23.9 Å². The lowest BCUT2D eigenvalue weighted by molar-refractivity contribution is -0.0499. The third kappa shape index (κ3) is 3.32. The van der Waals surface area contributed by atoms with E-state index in [1.807, 2.05) is 6.92 Å². The molecule has 0 amide bonds. The van der Waals surface area contributed by atoms with Gasteiger partial charge in [-0.2, -0.15) is 21.6 Å². The Bertz CT molecular complexity index is 1020. The zero-order valence-corrected chi connectivity index (χ0v) is 13.9. The molecule has 0 atom stereocenters. The molecule has 7 heteroatoms. The molecule has 0 heterocycles. The topological polar surface area (TPSA) is 43.4 Å². The third-order valence-corrected chi connectivity index (χ3v) is 4.67. The van der Waals surface area contributed by atoms with Crippen molar-refractivity contribution in [1.29, 1.82) is 0 Å². The van der Waals surface area contributed by atoms with Gasteiger partial charge in [0.2, 0.25) is 0 Å². The molecule has 0 aromatic heterocycles. The molecule has 25 heavy (non-hydrogen) atoms. The molecule has 3 aromatic carbocycles. The Balaban J connectivity index is 2.26. The van der Waals surface area contributed by atoms with Crippen LogP contribution in [0.1, 0.15) is 5.56 Å². The summed E-state index contributed by atoms with van der Waals surface area (Å²) in [5.74, 6) is -0.334. The van der Waals surface area contributed by atoms with E-state index in [0.29, 0.717) is 10.9 Å². The summed E-state index contributed by atoms with van der Waals surface area (Å²) in [6.45, 7) is 1.87. The third-order valence-electron chi connectivity index (χ3n) is 3.72. The van der Waals surface area contributed by atoms with Gasteiger partial charge in [-0.15, -0.1) is 0 Å². The Morgan fingerprint density at radius 2 is 1.52 bits per heavy atom. The number of aryl methyl sites for hydroxylation is 1. The molecule has 0 unspecified atom stereocenters. The molecule has 0 aliphatic heterocycles. The van der Waals surface area contributed by atoms with Crippen LogP contribution < -0.4 is 4.18 Å². The maximum Gasteiger partial charge on any atom is 0.534 e. The van der Waals surface area contributed by atoms with Crippen LogP contribution >= 0.6 is 0 Å². The summed E-state index contributed by atoms with van der Waals surface area (Å²) >= 11 is 0. The predicted molar refractivity (Wildman–Crippen MR) is 89.7 cm³/mol. The van der Waals surface area contributed by atoms with Gasteiger partial charge in [0.05, 0.1) is 0 Å². The molecule has 0 spiro atoms. The van der Waals surface area contributed by atoms with Crippen molar-refractivity contribution in [1.82, 2.24) is 0 Å². The van der Waals surface area contributed by atoms with E-state index >= 15 is 0 Å². The molecule has 0 saturated carbocycles. The molecular weight excluding hydrogens is 353 g/mol. The Labute approximate surface area is 142 Å². The van der Waals surface area contributed by atoms with E-state index in [9.17, 15) is 21.6 Å². The minimum Gasteiger partial charge on any atom is -0.375 e. The number of alkyl halides is 3. The fraction of sp³-hybridized carbons (Fsp3) is 0.111. The van der Waals surface area contributed by atoms with E-state index < -0.39 is 15.6 Å². The Morgan fingerprint density at radius 3 is 2.16 bits per heavy atom. The van der Waals surface area contributed by atoms with Gasteiger partial charge in [0, 0.05) is 10.9 Å². The largest absolute Gasteiger partial charge is 0.534 e. The van der Waals surface area contributed by atoms with Crippen molar-refractivity contribution in [2.45, 2.75) is 12.4 Å². The van der Waals surface area contributed by atoms with Crippen molar-refractivity contribution in [3.63, 3.8) is 0 Å². The van der Waals surface area contributed by atoms with E-state index in [1.165, 1.54) is 6.07 Å². The number of hydrogen-bond donors (Lipinski definition) is 0. The quantitative estimate of drug-likeness (QED) is 0.482. The van der Waals surface area contributed by atoms with Crippen LogP contribution in [-0.4, -0.2) is 13.9 Å². The molecule has 0 saturated heterocycles. The molecule has 3 aromatic rings. The maximum absolute atomic E-state index is 12.8. The lowest BCUT2D eigenvalue weighted by Gasteiger charge is -2.15. The van der Waals surface area contributed by atoms with E-state index in [2.05, 4.69) is 4.18 Å². The first-order valence-electron chi connectivity index (χ1n) is 7.28. The minimum atomic E-state index is -5.78. The average molecular weight is 366 g/mol. The average Bonchev–Trinajstić information content (AvgIpc) is 2.55. The lowest BCUT2D eigenvalue weighted by atomic mass is 9.99. The molecule has 130 valence electrons. The highest BCUT2D eigenvalue weighted by atomic mass is 32.2. The zero-order valence-electron chi connectivity index (χ0n) is 13.0. The zero-order chi connectivity index (χ0) is 18.2. The van der Waals surface area contributed by atoms with Crippen LogP contribution in [0.3, 0.4) is 0 Å². The monoisotopic (exact) mass is 366 g/mol. The van der Waals surface area contributed by atoms with Gasteiger partial charge in [0.25, 0.3) is 0 Å². The molecule has 0 N–H and O–H groups in total. The van der Waals surface area contributed by atoms with Gasteiger partial charge in [-0.1, -0.05) is 60.2 Å². The summed E-state index contributed by atoms with van der Waals surface area (Å²) in [6, 6.07) is 16.7. The Morgan fingerprint density at radius 1 is 0.880 bits per heavy atom. The van der Waals surface area contributed by atoms with Crippen molar-refractivity contribution in [3.8, 4) is 16.9 Å². The number of hydrogen-bond acceptors (Lipinski definition) is 3. The van der Waals surface area contributed by atoms with Crippen LogP contribution in [-0.2, 0) is 10.1 Å². The Hall–Kier alpha value is -2.54. The highest BCUT2D eigenvalue weighted by Crippen LogP contribution is 2.39. The summed E-state index contributed by atoms with van der Waals surface area (Å²) in [7, 11) is -5.78. The fourth-order valence-corrected chi connectivity index (χ4v) is 2.94. The highest BCUT2D eigenvalue weighted by Gasteiger charge is 2.49. The van der Waals surface area contributed by atoms with Crippen LogP contribution in [0, 0.1) is 6.92 Å². The first kappa shape index (κ1) is 17.3. The van der Waals surface area contributed by atoms with Crippen LogP contribution in [0.4, 0.5) is 13.2 Å².